The zero-order chi connectivity index (χ0) is 13.9. The Balaban J connectivity index is 1.88. The van der Waals surface area contributed by atoms with Crippen molar-refractivity contribution in [2.24, 2.45) is 10.9 Å². The highest BCUT2D eigenvalue weighted by Crippen LogP contribution is 2.27. The lowest BCUT2D eigenvalue weighted by Gasteiger charge is -2.11. The van der Waals surface area contributed by atoms with Crippen LogP contribution >= 0.6 is 0 Å². The highest BCUT2D eigenvalue weighted by molar-refractivity contribution is 6.08. The number of carbonyl (C=O) groups is 1. The first-order valence-corrected chi connectivity index (χ1v) is 6.97. The molecule has 2 aromatic carbocycles. The van der Waals surface area contributed by atoms with Gasteiger partial charge in [0.25, 0.3) is 0 Å². The van der Waals surface area contributed by atoms with E-state index in [1.54, 1.807) is 0 Å². The lowest BCUT2D eigenvalue weighted by atomic mass is 9.93. The number of carbonyl (C=O) groups excluding carboxylic acids is 1. The molecule has 1 heterocycles. The Bertz CT molecular complexity index is 631. The summed E-state index contributed by atoms with van der Waals surface area (Å²) in [5.41, 5.74) is 2.93. The molecule has 0 aliphatic carbocycles. The summed E-state index contributed by atoms with van der Waals surface area (Å²) >= 11 is 0. The van der Waals surface area contributed by atoms with Gasteiger partial charge in [-0.3, -0.25) is 9.79 Å². The Labute approximate surface area is 119 Å². The highest BCUT2D eigenvalue weighted by Gasteiger charge is 2.32. The van der Waals surface area contributed by atoms with Crippen LogP contribution in [0.4, 0.5) is 0 Å². The van der Waals surface area contributed by atoms with Crippen molar-refractivity contribution in [3.05, 3.63) is 71.8 Å². The van der Waals surface area contributed by atoms with Gasteiger partial charge in [-0.25, -0.2) is 0 Å². The molecular weight excluding hydrogens is 246 g/mol. The fourth-order valence-electron chi connectivity index (χ4n) is 2.68. The third kappa shape index (κ3) is 2.42. The molecule has 0 spiro atoms. The first kappa shape index (κ1) is 12.8. The molecule has 0 N–H and O–H groups in total. The van der Waals surface area contributed by atoms with E-state index < -0.39 is 0 Å². The Morgan fingerprint density at radius 2 is 1.60 bits per heavy atom. The summed E-state index contributed by atoms with van der Waals surface area (Å²) in [6.07, 6.45) is 0.868. The summed E-state index contributed by atoms with van der Waals surface area (Å²) in [6, 6.07) is 19.3. The summed E-state index contributed by atoms with van der Waals surface area (Å²) in [7, 11) is 0. The van der Waals surface area contributed by atoms with Gasteiger partial charge in [0, 0.05) is 11.3 Å². The second-order valence-corrected chi connectivity index (χ2v) is 5.30. The average Bonchev–Trinajstić information content (AvgIpc) is 2.90. The molecule has 1 aliphatic heterocycles. The summed E-state index contributed by atoms with van der Waals surface area (Å²) in [5, 5.41) is 0. The molecule has 0 saturated carbocycles. The Hall–Kier alpha value is -2.22. The number of aliphatic imine (C=N–C) groups is 1. The van der Waals surface area contributed by atoms with Crippen molar-refractivity contribution >= 4 is 11.5 Å². The van der Waals surface area contributed by atoms with Gasteiger partial charge < -0.3 is 0 Å². The number of ketones is 1. The Kier molecular flexibility index (Phi) is 3.46. The van der Waals surface area contributed by atoms with Crippen LogP contribution in [0.5, 0.6) is 0 Å². The SMILES string of the molecule is C[C@@H]1CC(c2ccccc2)=N[C@H]1C(=O)c1ccccc1. The third-order valence-corrected chi connectivity index (χ3v) is 3.78. The van der Waals surface area contributed by atoms with Gasteiger partial charge in [0.1, 0.15) is 6.04 Å². The molecular formula is C18H17NO. The van der Waals surface area contributed by atoms with Crippen LogP contribution < -0.4 is 0 Å². The van der Waals surface area contributed by atoms with Crippen molar-refractivity contribution in [2.45, 2.75) is 19.4 Å². The Morgan fingerprint density at radius 3 is 2.25 bits per heavy atom. The lowest BCUT2D eigenvalue weighted by molar-refractivity contribution is 0.0945. The maximum absolute atomic E-state index is 12.5. The first-order valence-electron chi connectivity index (χ1n) is 6.97. The van der Waals surface area contributed by atoms with Gasteiger partial charge in [-0.2, -0.15) is 0 Å². The molecule has 0 fully saturated rings. The summed E-state index contributed by atoms with van der Waals surface area (Å²) in [5.74, 6) is 0.391. The van der Waals surface area contributed by atoms with Gasteiger partial charge in [-0.1, -0.05) is 67.6 Å². The second-order valence-electron chi connectivity index (χ2n) is 5.30. The van der Waals surface area contributed by atoms with Gasteiger partial charge in [0.05, 0.1) is 0 Å². The van der Waals surface area contributed by atoms with E-state index in [0.717, 1.165) is 23.3 Å². The van der Waals surface area contributed by atoms with Crippen LogP contribution in [-0.2, 0) is 0 Å². The van der Waals surface area contributed by atoms with Gasteiger partial charge >= 0.3 is 0 Å². The summed E-state index contributed by atoms with van der Waals surface area (Å²) < 4.78 is 0. The van der Waals surface area contributed by atoms with E-state index in [-0.39, 0.29) is 17.7 Å². The topological polar surface area (TPSA) is 29.4 Å². The van der Waals surface area contributed by atoms with Crippen molar-refractivity contribution in [1.29, 1.82) is 0 Å². The highest BCUT2D eigenvalue weighted by atomic mass is 16.1. The maximum atomic E-state index is 12.5. The molecule has 2 atom stereocenters. The molecule has 20 heavy (non-hydrogen) atoms. The number of hydrogen-bond donors (Lipinski definition) is 0. The van der Waals surface area contributed by atoms with Crippen LogP contribution in [0, 0.1) is 5.92 Å². The van der Waals surface area contributed by atoms with Crippen molar-refractivity contribution in [2.75, 3.05) is 0 Å². The minimum atomic E-state index is -0.243. The van der Waals surface area contributed by atoms with E-state index in [0.29, 0.717) is 0 Å². The number of hydrogen-bond acceptors (Lipinski definition) is 2. The van der Waals surface area contributed by atoms with Crippen LogP contribution in [0.25, 0.3) is 0 Å². The summed E-state index contributed by atoms with van der Waals surface area (Å²) in [6.45, 7) is 2.10. The van der Waals surface area contributed by atoms with Crippen molar-refractivity contribution in [3.63, 3.8) is 0 Å². The van der Waals surface area contributed by atoms with E-state index in [1.807, 2.05) is 48.5 Å². The van der Waals surface area contributed by atoms with Gasteiger partial charge in [-0.15, -0.1) is 0 Å². The minimum Gasteiger partial charge on any atom is -0.292 e. The van der Waals surface area contributed by atoms with Crippen LogP contribution in [0.3, 0.4) is 0 Å². The minimum absolute atomic E-state index is 0.129. The molecule has 100 valence electrons. The predicted octanol–water partition coefficient (Wildman–Crippen LogP) is 3.77. The smallest absolute Gasteiger partial charge is 0.187 e. The van der Waals surface area contributed by atoms with Crippen molar-refractivity contribution in [3.8, 4) is 0 Å². The fourth-order valence-corrected chi connectivity index (χ4v) is 2.68. The molecule has 0 aromatic heterocycles. The van der Waals surface area contributed by atoms with E-state index in [4.69, 9.17) is 0 Å². The molecule has 2 nitrogen and oxygen atoms in total. The molecule has 3 rings (SSSR count). The van der Waals surface area contributed by atoms with E-state index in [2.05, 4.69) is 24.0 Å². The van der Waals surface area contributed by atoms with Crippen LogP contribution in [0.15, 0.2) is 65.7 Å². The number of rotatable bonds is 3. The third-order valence-electron chi connectivity index (χ3n) is 3.78. The average molecular weight is 263 g/mol. The quantitative estimate of drug-likeness (QED) is 0.775. The van der Waals surface area contributed by atoms with Crippen LogP contribution in [-0.4, -0.2) is 17.5 Å². The molecule has 0 unspecified atom stereocenters. The van der Waals surface area contributed by atoms with Crippen LogP contribution in [0.1, 0.15) is 29.3 Å². The molecule has 0 bridgehead atoms. The molecule has 0 amide bonds. The molecule has 0 saturated heterocycles. The zero-order valence-electron chi connectivity index (χ0n) is 11.5. The lowest BCUT2D eigenvalue weighted by Crippen LogP contribution is -2.22. The fraction of sp³-hybridized carbons (Fsp3) is 0.222. The Morgan fingerprint density at radius 1 is 1.00 bits per heavy atom. The molecule has 2 heteroatoms. The van der Waals surface area contributed by atoms with Gasteiger partial charge in [0.2, 0.25) is 0 Å². The maximum Gasteiger partial charge on any atom is 0.187 e. The van der Waals surface area contributed by atoms with Crippen molar-refractivity contribution in [1.82, 2.24) is 0 Å². The van der Waals surface area contributed by atoms with Crippen LogP contribution in [0.2, 0.25) is 0 Å². The van der Waals surface area contributed by atoms with Gasteiger partial charge in [-0.05, 0) is 17.9 Å². The molecule has 2 aromatic rings. The predicted molar refractivity (Wildman–Crippen MR) is 81.3 cm³/mol. The van der Waals surface area contributed by atoms with E-state index in [9.17, 15) is 4.79 Å². The number of Topliss-reactive ketones (excluding diaryl/α,β-unsaturated/α-hetero) is 1. The normalized spacial score (nSPS) is 21.6. The largest absolute Gasteiger partial charge is 0.292 e. The molecule has 0 radical (unpaired) electrons. The summed E-state index contributed by atoms with van der Waals surface area (Å²) in [4.78, 5) is 17.2. The first-order chi connectivity index (χ1) is 9.75. The van der Waals surface area contributed by atoms with Crippen molar-refractivity contribution < 1.29 is 4.79 Å². The van der Waals surface area contributed by atoms with E-state index in [1.165, 1.54) is 0 Å². The molecule has 1 aliphatic rings. The number of nitrogens with zero attached hydrogens (tertiary/aromatic N) is 1. The monoisotopic (exact) mass is 263 g/mol. The van der Waals surface area contributed by atoms with Gasteiger partial charge in [0.15, 0.2) is 5.78 Å². The number of benzene rings is 2. The van der Waals surface area contributed by atoms with E-state index >= 15 is 0 Å². The zero-order valence-corrected chi connectivity index (χ0v) is 11.5. The second kappa shape index (κ2) is 5.41. The standard InChI is InChI=1S/C18H17NO/c1-13-12-16(14-8-4-2-5-9-14)19-17(13)18(20)15-10-6-3-7-11-15/h2-11,13,17H,12H2,1H3/t13-,17-/m1/s1.